The summed E-state index contributed by atoms with van der Waals surface area (Å²) in [6, 6.07) is 3.03. The van der Waals surface area contributed by atoms with E-state index in [0.29, 0.717) is 0 Å². The predicted molar refractivity (Wildman–Crippen MR) is 72.3 cm³/mol. The summed E-state index contributed by atoms with van der Waals surface area (Å²) in [7, 11) is 0. The second-order valence-electron chi connectivity index (χ2n) is 4.26. The number of nitrogens with one attached hydrogen (secondary N) is 1. The topological polar surface area (TPSA) is 21.3 Å². The third-order valence-electron chi connectivity index (χ3n) is 2.66. The van der Waals surface area contributed by atoms with E-state index in [2.05, 4.69) is 34.2 Å². The zero-order chi connectivity index (χ0) is 11.4. The normalized spacial score (nSPS) is 15.6. The Morgan fingerprint density at radius 3 is 2.94 bits per heavy atom. The van der Waals surface area contributed by atoms with Gasteiger partial charge in [0.05, 0.1) is 17.0 Å². The van der Waals surface area contributed by atoms with Crippen LogP contribution in [0.1, 0.15) is 23.3 Å². The molecular weight excluding hydrogens is 286 g/mol. The SMILES string of the molecule is Cc1cc(CCOCCNC2CC2)sc1Br. The molecule has 16 heavy (non-hydrogen) atoms. The van der Waals surface area contributed by atoms with Gasteiger partial charge in [-0.3, -0.25) is 0 Å². The maximum absolute atomic E-state index is 5.59. The molecule has 1 aromatic heterocycles. The zero-order valence-corrected chi connectivity index (χ0v) is 12.0. The summed E-state index contributed by atoms with van der Waals surface area (Å²) < 4.78 is 6.84. The van der Waals surface area contributed by atoms with Crippen LogP contribution in [-0.4, -0.2) is 25.8 Å². The molecule has 0 amide bonds. The van der Waals surface area contributed by atoms with Crippen LogP contribution in [0.2, 0.25) is 0 Å². The molecule has 0 aliphatic heterocycles. The van der Waals surface area contributed by atoms with E-state index in [4.69, 9.17) is 4.74 Å². The Morgan fingerprint density at radius 1 is 1.50 bits per heavy atom. The fraction of sp³-hybridized carbons (Fsp3) is 0.667. The van der Waals surface area contributed by atoms with Gasteiger partial charge in [-0.15, -0.1) is 11.3 Å². The molecule has 0 bridgehead atoms. The van der Waals surface area contributed by atoms with Gasteiger partial charge in [-0.05, 0) is 47.3 Å². The van der Waals surface area contributed by atoms with E-state index in [9.17, 15) is 0 Å². The van der Waals surface area contributed by atoms with Crippen molar-refractivity contribution in [1.82, 2.24) is 5.32 Å². The van der Waals surface area contributed by atoms with Crippen LogP contribution in [0.5, 0.6) is 0 Å². The molecule has 1 aliphatic carbocycles. The molecule has 1 saturated carbocycles. The van der Waals surface area contributed by atoms with Crippen LogP contribution in [0, 0.1) is 6.92 Å². The Kier molecular flexibility index (Phi) is 4.82. The van der Waals surface area contributed by atoms with Crippen molar-refractivity contribution in [3.8, 4) is 0 Å². The number of thiophene rings is 1. The number of rotatable bonds is 7. The lowest BCUT2D eigenvalue weighted by atomic mass is 10.3. The number of hydrogen-bond donors (Lipinski definition) is 1. The molecule has 1 aromatic rings. The van der Waals surface area contributed by atoms with Crippen molar-refractivity contribution in [3.63, 3.8) is 0 Å². The Bertz CT molecular complexity index is 316. The van der Waals surface area contributed by atoms with Crippen LogP contribution in [0.3, 0.4) is 0 Å². The molecule has 0 spiro atoms. The highest BCUT2D eigenvalue weighted by Crippen LogP contribution is 2.27. The molecule has 0 atom stereocenters. The highest BCUT2D eigenvalue weighted by atomic mass is 79.9. The van der Waals surface area contributed by atoms with Gasteiger partial charge < -0.3 is 10.1 Å². The lowest BCUT2D eigenvalue weighted by molar-refractivity contribution is 0.139. The summed E-state index contributed by atoms with van der Waals surface area (Å²) in [5, 5.41) is 3.44. The third-order valence-corrected chi connectivity index (χ3v) is 4.85. The number of halogens is 1. The zero-order valence-electron chi connectivity index (χ0n) is 9.59. The molecule has 0 saturated heterocycles. The Balaban J connectivity index is 1.53. The van der Waals surface area contributed by atoms with Crippen molar-refractivity contribution < 1.29 is 4.74 Å². The van der Waals surface area contributed by atoms with E-state index in [1.807, 2.05) is 11.3 Å². The van der Waals surface area contributed by atoms with E-state index in [1.54, 1.807) is 0 Å². The monoisotopic (exact) mass is 303 g/mol. The predicted octanol–water partition coefficient (Wildman–Crippen LogP) is 3.13. The van der Waals surface area contributed by atoms with Gasteiger partial charge in [0.2, 0.25) is 0 Å². The summed E-state index contributed by atoms with van der Waals surface area (Å²) >= 11 is 5.35. The largest absolute Gasteiger partial charge is 0.380 e. The van der Waals surface area contributed by atoms with Crippen LogP contribution in [0.15, 0.2) is 9.85 Å². The standard InChI is InChI=1S/C12H18BrNOS/c1-9-8-11(16-12(9)13)4-6-15-7-5-14-10-2-3-10/h8,10,14H,2-7H2,1H3. The van der Waals surface area contributed by atoms with Crippen molar-refractivity contribution in [1.29, 1.82) is 0 Å². The molecule has 1 fully saturated rings. The van der Waals surface area contributed by atoms with Crippen molar-refractivity contribution in [2.24, 2.45) is 0 Å². The molecule has 90 valence electrons. The molecule has 1 N–H and O–H groups in total. The lowest BCUT2D eigenvalue weighted by Gasteiger charge is -2.03. The summed E-state index contributed by atoms with van der Waals surface area (Å²) in [6.45, 7) is 4.79. The first-order valence-corrected chi connectivity index (χ1v) is 7.42. The summed E-state index contributed by atoms with van der Waals surface area (Å²) in [4.78, 5) is 1.40. The van der Waals surface area contributed by atoms with Crippen LogP contribution in [0.25, 0.3) is 0 Å². The molecule has 0 radical (unpaired) electrons. The smallest absolute Gasteiger partial charge is 0.0730 e. The molecule has 4 heteroatoms. The van der Waals surface area contributed by atoms with Gasteiger partial charge in [-0.2, -0.15) is 0 Å². The van der Waals surface area contributed by atoms with Gasteiger partial charge in [-0.25, -0.2) is 0 Å². The first-order chi connectivity index (χ1) is 7.75. The molecule has 2 rings (SSSR count). The Morgan fingerprint density at radius 2 is 2.31 bits per heavy atom. The van der Waals surface area contributed by atoms with Crippen LogP contribution < -0.4 is 5.32 Å². The highest BCUT2D eigenvalue weighted by Gasteiger charge is 2.19. The molecular formula is C12H18BrNOS. The third kappa shape index (κ3) is 4.17. The van der Waals surface area contributed by atoms with E-state index in [1.165, 1.54) is 27.1 Å². The fourth-order valence-electron chi connectivity index (χ4n) is 1.54. The minimum absolute atomic E-state index is 0.791. The van der Waals surface area contributed by atoms with Gasteiger partial charge in [0.15, 0.2) is 0 Å². The highest BCUT2D eigenvalue weighted by molar-refractivity contribution is 9.11. The Hall–Kier alpha value is 0.100. The van der Waals surface area contributed by atoms with Crippen LogP contribution >= 0.6 is 27.3 Å². The first-order valence-electron chi connectivity index (χ1n) is 5.81. The second-order valence-corrected chi connectivity index (χ2v) is 6.71. The van der Waals surface area contributed by atoms with Gasteiger partial charge >= 0.3 is 0 Å². The van der Waals surface area contributed by atoms with Gasteiger partial charge in [-0.1, -0.05) is 0 Å². The second kappa shape index (κ2) is 6.15. The number of ether oxygens (including phenoxy) is 1. The fourth-order valence-corrected chi connectivity index (χ4v) is 3.15. The van der Waals surface area contributed by atoms with E-state index < -0.39 is 0 Å². The van der Waals surface area contributed by atoms with Crippen LogP contribution in [0.4, 0.5) is 0 Å². The van der Waals surface area contributed by atoms with Gasteiger partial charge in [0.25, 0.3) is 0 Å². The minimum Gasteiger partial charge on any atom is -0.380 e. The van der Waals surface area contributed by atoms with Crippen molar-refractivity contribution in [2.75, 3.05) is 19.8 Å². The van der Waals surface area contributed by atoms with Crippen molar-refractivity contribution >= 4 is 27.3 Å². The lowest BCUT2D eigenvalue weighted by Crippen LogP contribution is -2.22. The Labute approximate surface area is 110 Å². The molecule has 0 aromatic carbocycles. The molecule has 0 unspecified atom stereocenters. The van der Waals surface area contributed by atoms with Crippen LogP contribution in [-0.2, 0) is 11.2 Å². The summed E-state index contributed by atoms with van der Waals surface area (Å²) in [5.41, 5.74) is 1.33. The first kappa shape index (κ1) is 12.6. The van der Waals surface area contributed by atoms with Crippen molar-refractivity contribution in [3.05, 3.63) is 20.3 Å². The minimum atomic E-state index is 0.791. The summed E-state index contributed by atoms with van der Waals surface area (Å²) in [6.07, 6.45) is 3.73. The number of hydrogen-bond acceptors (Lipinski definition) is 3. The average Bonchev–Trinajstić information content (AvgIpc) is 3.01. The van der Waals surface area contributed by atoms with Gasteiger partial charge in [0, 0.05) is 23.9 Å². The maximum Gasteiger partial charge on any atom is 0.0730 e. The quantitative estimate of drug-likeness (QED) is 0.782. The molecule has 1 heterocycles. The molecule has 2 nitrogen and oxygen atoms in total. The van der Waals surface area contributed by atoms with E-state index in [-0.39, 0.29) is 0 Å². The van der Waals surface area contributed by atoms with E-state index >= 15 is 0 Å². The molecule has 1 aliphatic rings. The number of aryl methyl sites for hydroxylation is 1. The van der Waals surface area contributed by atoms with Gasteiger partial charge in [0.1, 0.15) is 0 Å². The van der Waals surface area contributed by atoms with E-state index in [0.717, 1.165) is 32.2 Å². The summed E-state index contributed by atoms with van der Waals surface area (Å²) in [5.74, 6) is 0. The van der Waals surface area contributed by atoms with Crippen molar-refractivity contribution in [2.45, 2.75) is 32.2 Å². The average molecular weight is 304 g/mol. The maximum atomic E-state index is 5.59.